The van der Waals surface area contributed by atoms with Crippen molar-refractivity contribution in [3.8, 4) is 10.4 Å². The Morgan fingerprint density at radius 3 is 2.70 bits per heavy atom. The zero-order chi connectivity index (χ0) is 16.4. The second-order valence-electron chi connectivity index (χ2n) is 4.73. The highest BCUT2D eigenvalue weighted by Gasteiger charge is 2.19. The van der Waals surface area contributed by atoms with Gasteiger partial charge in [-0.15, -0.1) is 11.3 Å². The highest BCUT2D eigenvalue weighted by atomic mass is 35.5. The van der Waals surface area contributed by atoms with Crippen LogP contribution in [-0.4, -0.2) is 15.9 Å². The first kappa shape index (κ1) is 15.6. The van der Waals surface area contributed by atoms with Crippen molar-refractivity contribution in [3.05, 3.63) is 64.1 Å². The first-order valence-corrected chi connectivity index (χ1v) is 7.88. The van der Waals surface area contributed by atoms with Crippen LogP contribution >= 0.6 is 22.9 Å². The lowest BCUT2D eigenvalue weighted by atomic mass is 10.1. The summed E-state index contributed by atoms with van der Waals surface area (Å²) >= 11 is 7.25. The number of carbonyl (C=O) groups is 1. The van der Waals surface area contributed by atoms with Crippen LogP contribution in [0.3, 0.4) is 0 Å². The number of anilines is 1. The number of carbonyl (C=O) groups excluding carboxylic acids is 1. The Morgan fingerprint density at radius 1 is 1.26 bits per heavy atom. The first-order valence-electron chi connectivity index (χ1n) is 6.69. The molecule has 0 radical (unpaired) electrons. The molecule has 116 valence electrons. The van der Waals surface area contributed by atoms with Gasteiger partial charge < -0.3 is 5.32 Å². The second-order valence-corrected chi connectivity index (χ2v) is 6.37. The molecule has 7 heteroatoms. The Hall–Kier alpha value is -2.31. The molecule has 23 heavy (non-hydrogen) atoms. The summed E-state index contributed by atoms with van der Waals surface area (Å²) in [6, 6.07) is 9.12. The summed E-state index contributed by atoms with van der Waals surface area (Å²) in [5.41, 5.74) is 1.02. The number of hydrogen-bond acceptors (Lipinski definition) is 4. The van der Waals surface area contributed by atoms with E-state index >= 15 is 0 Å². The number of nitrogens with zero attached hydrogens (tertiary/aromatic N) is 2. The van der Waals surface area contributed by atoms with Crippen LogP contribution in [0.15, 0.2) is 42.6 Å². The monoisotopic (exact) mass is 347 g/mol. The lowest BCUT2D eigenvalue weighted by molar-refractivity contribution is 0.102. The molecule has 0 aliphatic carbocycles. The van der Waals surface area contributed by atoms with Gasteiger partial charge in [0.05, 0.1) is 9.88 Å². The fourth-order valence-corrected chi connectivity index (χ4v) is 3.11. The summed E-state index contributed by atoms with van der Waals surface area (Å²) in [5.74, 6) is -0.370. The van der Waals surface area contributed by atoms with E-state index in [-0.39, 0.29) is 17.4 Å². The minimum Gasteiger partial charge on any atom is -0.305 e. The van der Waals surface area contributed by atoms with E-state index in [0.717, 1.165) is 10.6 Å². The van der Waals surface area contributed by atoms with Crippen molar-refractivity contribution >= 4 is 34.7 Å². The largest absolute Gasteiger partial charge is 0.305 e. The standard InChI is InChI=1S/C16H11ClFN3OS/c1-9-20-14(15(23-9)10-2-4-12(18)5-3-10)16(22)21-13-8-11(17)6-7-19-13/h2-8H,1H3,(H,19,21,22). The van der Waals surface area contributed by atoms with E-state index in [9.17, 15) is 9.18 Å². The Labute approximate surface area is 141 Å². The van der Waals surface area contributed by atoms with E-state index in [1.807, 2.05) is 6.92 Å². The zero-order valence-electron chi connectivity index (χ0n) is 12.0. The average molecular weight is 348 g/mol. The van der Waals surface area contributed by atoms with Gasteiger partial charge in [0.15, 0.2) is 0 Å². The normalized spacial score (nSPS) is 10.6. The van der Waals surface area contributed by atoms with E-state index in [1.165, 1.54) is 29.7 Å². The molecule has 0 aliphatic heterocycles. The molecule has 1 aromatic carbocycles. The molecule has 0 fully saturated rings. The van der Waals surface area contributed by atoms with Crippen molar-refractivity contribution in [1.29, 1.82) is 0 Å². The maximum atomic E-state index is 13.1. The molecule has 3 aromatic rings. The van der Waals surface area contributed by atoms with Crippen LogP contribution in [0.2, 0.25) is 5.02 Å². The van der Waals surface area contributed by atoms with Crippen LogP contribution in [0.1, 0.15) is 15.5 Å². The molecule has 3 rings (SSSR count). The van der Waals surface area contributed by atoms with Crippen molar-refractivity contribution < 1.29 is 9.18 Å². The molecule has 2 heterocycles. The Kier molecular flexibility index (Phi) is 4.36. The maximum Gasteiger partial charge on any atom is 0.276 e. The number of thiazole rings is 1. The Balaban J connectivity index is 1.93. The van der Waals surface area contributed by atoms with Crippen molar-refractivity contribution in [2.45, 2.75) is 6.92 Å². The van der Waals surface area contributed by atoms with Gasteiger partial charge in [-0.2, -0.15) is 0 Å². The molecule has 0 saturated heterocycles. The average Bonchev–Trinajstić information content (AvgIpc) is 2.90. The number of halogens is 2. The predicted octanol–water partition coefficient (Wildman–Crippen LogP) is 4.56. The Bertz CT molecular complexity index is 864. The summed E-state index contributed by atoms with van der Waals surface area (Å²) in [6.07, 6.45) is 1.51. The minimum atomic E-state index is -0.386. The van der Waals surface area contributed by atoms with E-state index in [2.05, 4.69) is 15.3 Å². The minimum absolute atomic E-state index is 0.279. The third-order valence-corrected chi connectivity index (χ3v) is 4.27. The molecule has 0 unspecified atom stereocenters. The van der Waals surface area contributed by atoms with Gasteiger partial charge in [0.1, 0.15) is 17.3 Å². The zero-order valence-corrected chi connectivity index (χ0v) is 13.6. The van der Waals surface area contributed by atoms with Crippen molar-refractivity contribution in [2.24, 2.45) is 0 Å². The fraction of sp³-hybridized carbons (Fsp3) is 0.0625. The van der Waals surface area contributed by atoms with Gasteiger partial charge >= 0.3 is 0 Å². The summed E-state index contributed by atoms with van der Waals surface area (Å²) in [4.78, 5) is 21.5. The molecule has 0 saturated carbocycles. The van der Waals surface area contributed by atoms with E-state index in [4.69, 9.17) is 11.6 Å². The molecule has 4 nitrogen and oxygen atoms in total. The number of hydrogen-bond donors (Lipinski definition) is 1. The first-order chi connectivity index (χ1) is 11.0. The third kappa shape index (κ3) is 3.55. The molecule has 1 amide bonds. The second kappa shape index (κ2) is 6.44. The molecular weight excluding hydrogens is 337 g/mol. The van der Waals surface area contributed by atoms with Gasteiger partial charge in [-0.25, -0.2) is 14.4 Å². The van der Waals surface area contributed by atoms with Crippen LogP contribution in [0.5, 0.6) is 0 Å². The van der Waals surface area contributed by atoms with Crippen LogP contribution in [0.4, 0.5) is 10.2 Å². The van der Waals surface area contributed by atoms with Gasteiger partial charge in [0, 0.05) is 11.2 Å². The van der Waals surface area contributed by atoms with Crippen LogP contribution in [0.25, 0.3) is 10.4 Å². The summed E-state index contributed by atoms with van der Waals surface area (Å²) in [6.45, 7) is 1.81. The number of aryl methyl sites for hydroxylation is 1. The lowest BCUT2D eigenvalue weighted by Gasteiger charge is -2.05. The molecule has 1 N–H and O–H groups in total. The maximum absolute atomic E-state index is 13.1. The molecule has 0 aliphatic rings. The van der Waals surface area contributed by atoms with E-state index in [1.54, 1.807) is 24.3 Å². The molecule has 2 aromatic heterocycles. The third-order valence-electron chi connectivity index (χ3n) is 3.02. The molecular formula is C16H11ClFN3OS. The van der Waals surface area contributed by atoms with Crippen LogP contribution in [0, 0.1) is 12.7 Å². The topological polar surface area (TPSA) is 54.9 Å². The highest BCUT2D eigenvalue weighted by Crippen LogP contribution is 2.30. The summed E-state index contributed by atoms with van der Waals surface area (Å²) in [7, 11) is 0. The van der Waals surface area contributed by atoms with Crippen LogP contribution < -0.4 is 5.32 Å². The quantitative estimate of drug-likeness (QED) is 0.755. The van der Waals surface area contributed by atoms with E-state index in [0.29, 0.717) is 15.7 Å². The number of benzene rings is 1. The van der Waals surface area contributed by atoms with E-state index < -0.39 is 0 Å². The fourth-order valence-electron chi connectivity index (χ4n) is 2.03. The number of pyridine rings is 1. The summed E-state index contributed by atoms with van der Waals surface area (Å²) in [5, 5.41) is 3.89. The van der Waals surface area contributed by atoms with Gasteiger partial charge in [0.2, 0.25) is 0 Å². The van der Waals surface area contributed by atoms with Gasteiger partial charge in [-0.1, -0.05) is 23.7 Å². The van der Waals surface area contributed by atoms with Crippen molar-refractivity contribution in [1.82, 2.24) is 9.97 Å². The highest BCUT2D eigenvalue weighted by molar-refractivity contribution is 7.15. The lowest BCUT2D eigenvalue weighted by Crippen LogP contribution is -2.14. The van der Waals surface area contributed by atoms with Crippen molar-refractivity contribution in [2.75, 3.05) is 5.32 Å². The van der Waals surface area contributed by atoms with Gasteiger partial charge in [-0.05, 0) is 36.8 Å². The smallest absolute Gasteiger partial charge is 0.276 e. The SMILES string of the molecule is Cc1nc(C(=O)Nc2cc(Cl)ccn2)c(-c2ccc(F)cc2)s1. The Morgan fingerprint density at radius 2 is 2.00 bits per heavy atom. The van der Waals surface area contributed by atoms with Crippen molar-refractivity contribution in [3.63, 3.8) is 0 Å². The van der Waals surface area contributed by atoms with Gasteiger partial charge in [-0.3, -0.25) is 4.79 Å². The molecule has 0 spiro atoms. The molecule has 0 atom stereocenters. The predicted molar refractivity (Wildman–Crippen MR) is 89.4 cm³/mol. The van der Waals surface area contributed by atoms with Crippen LogP contribution in [-0.2, 0) is 0 Å². The number of nitrogens with one attached hydrogen (secondary N) is 1. The number of rotatable bonds is 3. The van der Waals surface area contributed by atoms with Gasteiger partial charge in [0.25, 0.3) is 5.91 Å². The summed E-state index contributed by atoms with van der Waals surface area (Å²) < 4.78 is 13.1. The number of amides is 1. The number of aromatic nitrogens is 2. The molecule has 0 bridgehead atoms.